The molecular formula is C80H168N4O8Si4. The molecule has 1 aliphatic rings. The van der Waals surface area contributed by atoms with Crippen LogP contribution in [-0.4, -0.2) is 180 Å². The first-order valence-electron chi connectivity index (χ1n) is 40.6. The Hall–Kier alpha value is -0.512. The van der Waals surface area contributed by atoms with Crippen molar-refractivity contribution in [3.63, 3.8) is 0 Å². The van der Waals surface area contributed by atoms with Crippen molar-refractivity contribution in [2.45, 2.75) is 426 Å². The van der Waals surface area contributed by atoms with Crippen LogP contribution < -0.4 is 0 Å². The van der Waals surface area contributed by atoms with Gasteiger partial charge in [-0.05, 0) is 112 Å². The van der Waals surface area contributed by atoms with E-state index in [0.717, 1.165) is 65.0 Å². The van der Waals surface area contributed by atoms with Crippen LogP contribution in [0.2, 0.25) is 72.5 Å². The van der Waals surface area contributed by atoms with Gasteiger partial charge in [0.1, 0.15) is 13.2 Å². The summed E-state index contributed by atoms with van der Waals surface area (Å²) in [6.07, 6.45) is 35.5. The van der Waals surface area contributed by atoms with E-state index in [1.807, 2.05) is 0 Å². The average Bonchev–Trinajstić information content (AvgIpc) is 0.919. The highest BCUT2D eigenvalue weighted by molar-refractivity contribution is 6.75. The van der Waals surface area contributed by atoms with E-state index < -0.39 is 33.3 Å². The van der Waals surface area contributed by atoms with E-state index in [1.54, 1.807) is 0 Å². The van der Waals surface area contributed by atoms with Crippen LogP contribution in [0.3, 0.4) is 0 Å². The molecule has 0 amide bonds. The van der Waals surface area contributed by atoms with E-state index in [2.05, 4.69) is 197 Å². The lowest BCUT2D eigenvalue weighted by atomic mass is 10.1. The Kier molecular flexibility index (Phi) is 46.5. The smallest absolute Gasteiger partial charge is 0.307 e. The topological polar surface area (TPSA) is 102 Å². The summed E-state index contributed by atoms with van der Waals surface area (Å²) in [6, 6.07) is 0.536. The maximum absolute atomic E-state index is 14.0. The monoisotopic (exact) mass is 1430 g/mol. The second-order valence-electron chi connectivity index (χ2n) is 36.4. The maximum Gasteiger partial charge on any atom is 0.307 e. The molecule has 1 saturated heterocycles. The molecule has 6 unspecified atom stereocenters. The molecule has 1 rings (SSSR count). The van der Waals surface area contributed by atoms with Crippen LogP contribution in [0.1, 0.15) is 317 Å². The first-order valence-corrected chi connectivity index (χ1v) is 52.2. The summed E-state index contributed by atoms with van der Waals surface area (Å²) in [7, 11) is -8.34. The molecule has 0 aromatic carbocycles. The molecule has 16 heteroatoms. The largest absolute Gasteiger partial charge is 0.464 e. The lowest BCUT2D eigenvalue weighted by Gasteiger charge is -2.44. The fraction of sp³-hybridized carbons (Fsp3) is 0.975. The van der Waals surface area contributed by atoms with Crippen molar-refractivity contribution in [3.05, 3.63) is 0 Å². The van der Waals surface area contributed by atoms with Gasteiger partial charge in [0.15, 0.2) is 33.3 Å². The van der Waals surface area contributed by atoms with Crippen LogP contribution >= 0.6 is 0 Å². The van der Waals surface area contributed by atoms with Crippen molar-refractivity contribution in [1.82, 2.24) is 19.6 Å². The predicted octanol–water partition coefficient (Wildman–Crippen LogP) is 22.4. The molecule has 0 saturated carbocycles. The highest BCUT2D eigenvalue weighted by Gasteiger charge is 2.44. The number of nitrogens with zero attached hydrogens (tertiary/aromatic N) is 4. The Bertz CT molecular complexity index is 1750. The number of hydrogen-bond acceptors (Lipinski definition) is 12. The molecule has 572 valence electrons. The van der Waals surface area contributed by atoms with Crippen LogP contribution in [0.25, 0.3) is 0 Å². The lowest BCUT2D eigenvalue weighted by molar-refractivity contribution is -0.146. The van der Waals surface area contributed by atoms with E-state index in [0.29, 0.717) is 52.2 Å². The number of carbonyl (C=O) groups is 2. The summed E-state index contributed by atoms with van der Waals surface area (Å²) in [4.78, 5) is 38.0. The molecular weight excluding hydrogens is 1260 g/mol. The molecule has 96 heavy (non-hydrogen) atoms. The number of hydrogen-bond donors (Lipinski definition) is 0. The van der Waals surface area contributed by atoms with Crippen molar-refractivity contribution >= 4 is 45.2 Å². The van der Waals surface area contributed by atoms with Crippen molar-refractivity contribution in [2.24, 2.45) is 0 Å². The zero-order valence-corrected chi connectivity index (χ0v) is 73.2. The maximum atomic E-state index is 14.0. The summed E-state index contributed by atoms with van der Waals surface area (Å²) >= 11 is 0. The van der Waals surface area contributed by atoms with Crippen molar-refractivity contribution < 1.29 is 36.8 Å². The predicted molar refractivity (Wildman–Crippen MR) is 426 cm³/mol. The van der Waals surface area contributed by atoms with Gasteiger partial charge in [-0.3, -0.25) is 29.2 Å². The van der Waals surface area contributed by atoms with Crippen molar-refractivity contribution in [3.8, 4) is 0 Å². The second-order valence-corrected chi connectivity index (χ2v) is 55.4. The van der Waals surface area contributed by atoms with Gasteiger partial charge in [-0.2, -0.15) is 0 Å². The Morgan fingerprint density at radius 2 is 0.573 bits per heavy atom. The van der Waals surface area contributed by atoms with Crippen molar-refractivity contribution in [1.29, 1.82) is 0 Å². The van der Waals surface area contributed by atoms with E-state index in [9.17, 15) is 9.59 Å². The van der Waals surface area contributed by atoms with Crippen LogP contribution in [0.4, 0.5) is 0 Å². The first-order chi connectivity index (χ1) is 44.6. The Balaban J connectivity index is 3.27. The van der Waals surface area contributed by atoms with E-state index in [4.69, 9.17) is 27.2 Å². The second kappa shape index (κ2) is 47.8. The van der Waals surface area contributed by atoms with Gasteiger partial charge in [0.25, 0.3) is 0 Å². The van der Waals surface area contributed by atoms with Crippen LogP contribution in [0.5, 0.6) is 0 Å². The van der Waals surface area contributed by atoms with Gasteiger partial charge >= 0.3 is 11.9 Å². The van der Waals surface area contributed by atoms with Gasteiger partial charge in [0.2, 0.25) is 0 Å². The normalized spacial score (nSPS) is 17.6. The number of ether oxygens (including phenoxy) is 2. The Morgan fingerprint density at radius 3 is 0.781 bits per heavy atom. The zero-order chi connectivity index (χ0) is 72.9. The quantitative estimate of drug-likeness (QED) is 0.0329. The summed E-state index contributed by atoms with van der Waals surface area (Å²) in [5.74, 6) is -0.250. The zero-order valence-electron chi connectivity index (χ0n) is 69.2. The fourth-order valence-electron chi connectivity index (χ4n) is 12.5. The molecule has 0 aromatic heterocycles. The Labute approximate surface area is 603 Å². The molecule has 0 bridgehead atoms. The van der Waals surface area contributed by atoms with Gasteiger partial charge in [-0.25, -0.2) is 0 Å². The lowest BCUT2D eigenvalue weighted by Crippen LogP contribution is -2.57. The summed E-state index contributed by atoms with van der Waals surface area (Å²) in [5.41, 5.74) is 0. The standard InChI is InChI=1S/C80H168N4O8Si4/c1-27-31-35-39-43-47-51-71(89-93(19,20)77(7,8)9)65-81(66-72(52-48-44-40-36-32-28-2)90-94(21,22)78(10,11)12)57-55-75(85)87-61-59-83-63-70(6)84(64-69(83)5)60-62-88-76(86)56-58-82(67-73(53-49-45-41-37-33-29-3)91-95(23,24)79(13,14)15)68-74(54-50-46-42-38-34-30-4)92-96(25,26)80(16,17)18/h69-74H,27-68H2,1-26H3. The average molecular weight is 1430 g/mol. The molecule has 1 fully saturated rings. The summed E-state index contributed by atoms with van der Waals surface area (Å²) in [5, 5.41) is 0.407. The molecule has 0 radical (unpaired) electrons. The molecule has 0 aromatic rings. The van der Waals surface area contributed by atoms with E-state index >= 15 is 0 Å². The van der Waals surface area contributed by atoms with Crippen LogP contribution in [0, 0.1) is 0 Å². The third-order valence-electron chi connectivity index (χ3n) is 23.2. The number of unbranched alkanes of at least 4 members (excludes halogenated alkanes) is 20. The fourth-order valence-corrected chi connectivity index (χ4v) is 18.0. The highest BCUT2D eigenvalue weighted by atomic mass is 28.4. The molecule has 12 nitrogen and oxygen atoms in total. The van der Waals surface area contributed by atoms with Crippen LogP contribution in [-0.2, 0) is 36.8 Å². The number of carbonyl (C=O) groups excluding carboxylic acids is 2. The summed E-state index contributed by atoms with van der Waals surface area (Å²) < 4.78 is 41.7. The minimum atomic E-state index is -2.09. The Morgan fingerprint density at radius 1 is 0.365 bits per heavy atom. The first kappa shape index (κ1) is 93.5. The van der Waals surface area contributed by atoms with Gasteiger partial charge in [-0.15, -0.1) is 0 Å². The molecule has 1 heterocycles. The molecule has 1 aliphatic heterocycles. The van der Waals surface area contributed by atoms with E-state index in [-0.39, 0.29) is 68.6 Å². The molecule has 0 N–H and O–H groups in total. The number of esters is 2. The minimum Gasteiger partial charge on any atom is -0.464 e. The third-order valence-corrected chi connectivity index (χ3v) is 41.4. The molecule has 0 aliphatic carbocycles. The van der Waals surface area contributed by atoms with Gasteiger partial charge in [-0.1, -0.05) is 265 Å². The van der Waals surface area contributed by atoms with Gasteiger partial charge in [0.05, 0.1) is 37.3 Å². The molecule has 0 spiro atoms. The third kappa shape index (κ3) is 39.9. The highest BCUT2D eigenvalue weighted by Crippen LogP contribution is 2.42. The van der Waals surface area contributed by atoms with Crippen LogP contribution in [0.15, 0.2) is 0 Å². The van der Waals surface area contributed by atoms with E-state index in [1.165, 1.54) is 154 Å². The minimum absolute atomic E-state index is 0.102. The summed E-state index contributed by atoms with van der Waals surface area (Å²) in [6.45, 7) is 69.5. The number of rotatable bonds is 56. The molecule has 6 atom stereocenters. The number of piperazine rings is 1. The van der Waals surface area contributed by atoms with Crippen molar-refractivity contribution in [2.75, 3.05) is 78.7 Å². The van der Waals surface area contributed by atoms with Gasteiger partial charge < -0.3 is 27.2 Å². The SMILES string of the molecule is CCCCCCCCC(CN(CCC(=O)OCCN1CC(C)N(CCOC(=O)CCN(CC(CCCCCCCC)O[Si](C)(C)C(C)(C)C)CC(CCCCCCCC)O[Si](C)(C)C(C)(C)C)CC1C)CC(CCCCCCCC)O[Si](C)(C)C(C)(C)C)O[Si](C)(C)C(C)(C)C. The van der Waals surface area contributed by atoms with Gasteiger partial charge in [0, 0.05) is 77.5 Å².